The second-order valence-electron chi connectivity index (χ2n) is 10.0. The molecule has 0 aromatic carbocycles. The Kier molecular flexibility index (Phi) is 6.43. The van der Waals surface area contributed by atoms with Crippen LogP contribution in [-0.2, 0) is 20.7 Å². The molecule has 2 fully saturated rings. The average molecular weight is 450 g/mol. The quantitative estimate of drug-likeness (QED) is 0.556. The highest BCUT2D eigenvalue weighted by Gasteiger charge is 2.54. The zero-order valence-electron chi connectivity index (χ0n) is 18.9. The van der Waals surface area contributed by atoms with Gasteiger partial charge in [0.15, 0.2) is 5.13 Å². The van der Waals surface area contributed by atoms with E-state index >= 15 is 0 Å². The lowest BCUT2D eigenvalue weighted by molar-refractivity contribution is -0.135. The van der Waals surface area contributed by atoms with Crippen molar-refractivity contribution in [1.82, 2.24) is 10.3 Å². The van der Waals surface area contributed by atoms with Gasteiger partial charge in [-0.15, -0.1) is 11.3 Å². The maximum absolute atomic E-state index is 12.6. The van der Waals surface area contributed by atoms with Crippen LogP contribution in [-0.4, -0.2) is 48.3 Å². The molecule has 1 aromatic heterocycles. The van der Waals surface area contributed by atoms with E-state index in [0.29, 0.717) is 18.3 Å². The third-order valence-corrected chi connectivity index (χ3v) is 8.75. The number of hydrogen-bond donors (Lipinski definition) is 3. The summed E-state index contributed by atoms with van der Waals surface area (Å²) in [5.41, 5.74) is 0.981. The molecule has 0 spiro atoms. The summed E-state index contributed by atoms with van der Waals surface area (Å²) in [7, 11) is 1.61. The van der Waals surface area contributed by atoms with E-state index in [1.165, 1.54) is 4.88 Å². The van der Waals surface area contributed by atoms with Gasteiger partial charge in [-0.2, -0.15) is 0 Å². The number of ether oxygens (including phenoxy) is 1. The Balaban J connectivity index is 1.50. The SMILES string of the molecule is COCCNC(=O)[C@@H](C)[C@@H]1CC[C@]2(C)Cc3sc(NC(=O)C4CC4)nc3[C@@H](C)[C@@H]2[C@H]1O. The predicted molar refractivity (Wildman–Crippen MR) is 120 cm³/mol. The first kappa shape index (κ1) is 22.7. The van der Waals surface area contributed by atoms with Crippen molar-refractivity contribution in [3.8, 4) is 0 Å². The molecule has 6 atom stereocenters. The number of amides is 2. The summed E-state index contributed by atoms with van der Waals surface area (Å²) in [6, 6.07) is 0. The molecule has 1 heterocycles. The number of anilines is 1. The van der Waals surface area contributed by atoms with Gasteiger partial charge in [0, 0.05) is 36.3 Å². The maximum atomic E-state index is 12.6. The molecule has 0 bridgehead atoms. The largest absolute Gasteiger partial charge is 0.392 e. The first-order valence-electron chi connectivity index (χ1n) is 11.5. The topological polar surface area (TPSA) is 101 Å². The molecule has 172 valence electrons. The summed E-state index contributed by atoms with van der Waals surface area (Å²) in [5.74, 6) is 0.00670. The van der Waals surface area contributed by atoms with Crippen molar-refractivity contribution >= 4 is 28.3 Å². The molecular weight excluding hydrogens is 414 g/mol. The van der Waals surface area contributed by atoms with Gasteiger partial charge < -0.3 is 20.5 Å². The van der Waals surface area contributed by atoms with Crippen molar-refractivity contribution < 1.29 is 19.4 Å². The summed E-state index contributed by atoms with van der Waals surface area (Å²) in [6.07, 6.45) is 4.05. The Morgan fingerprint density at radius 1 is 1.35 bits per heavy atom. The lowest BCUT2D eigenvalue weighted by Gasteiger charge is -2.53. The summed E-state index contributed by atoms with van der Waals surface area (Å²) < 4.78 is 5.02. The van der Waals surface area contributed by atoms with E-state index in [1.807, 2.05) is 6.92 Å². The minimum atomic E-state index is -0.559. The standard InChI is InChI=1S/C23H35N3O4S/c1-12(20(28)24-9-10-30-4)15-7-8-23(3)11-16-18(13(2)17(23)19(15)27)25-22(31-16)26-21(29)14-5-6-14/h12-15,17,19,27H,5-11H2,1-4H3,(H,24,28)(H,25,26,29)/t12-,13-,15-,17+,19-,23+/m0/s1. The number of carbonyl (C=O) groups is 2. The molecule has 0 aliphatic heterocycles. The zero-order valence-corrected chi connectivity index (χ0v) is 19.8. The van der Waals surface area contributed by atoms with Gasteiger partial charge in [-0.05, 0) is 49.4 Å². The first-order valence-corrected chi connectivity index (χ1v) is 12.3. The van der Waals surface area contributed by atoms with Gasteiger partial charge in [0.05, 0.1) is 18.4 Å². The van der Waals surface area contributed by atoms with Crippen molar-refractivity contribution in [3.05, 3.63) is 10.6 Å². The van der Waals surface area contributed by atoms with Crippen molar-refractivity contribution in [3.63, 3.8) is 0 Å². The number of aliphatic hydroxyl groups excluding tert-OH is 1. The summed E-state index contributed by atoms with van der Waals surface area (Å²) in [6.45, 7) is 7.29. The van der Waals surface area contributed by atoms with Gasteiger partial charge in [0.25, 0.3) is 0 Å². The van der Waals surface area contributed by atoms with Gasteiger partial charge in [0.1, 0.15) is 0 Å². The van der Waals surface area contributed by atoms with Crippen LogP contribution in [0.1, 0.15) is 62.9 Å². The van der Waals surface area contributed by atoms with Crippen molar-refractivity contribution in [2.24, 2.45) is 29.1 Å². The molecule has 1 aromatic rings. The van der Waals surface area contributed by atoms with Crippen LogP contribution in [0.2, 0.25) is 0 Å². The van der Waals surface area contributed by atoms with E-state index in [2.05, 4.69) is 24.5 Å². The molecule has 4 rings (SSSR count). The van der Waals surface area contributed by atoms with E-state index in [9.17, 15) is 14.7 Å². The Morgan fingerprint density at radius 2 is 2.10 bits per heavy atom. The number of hydrogen-bond acceptors (Lipinski definition) is 6. The lowest BCUT2D eigenvalue weighted by Crippen LogP contribution is -2.53. The average Bonchev–Trinajstić information content (AvgIpc) is 3.49. The molecule has 0 saturated heterocycles. The highest BCUT2D eigenvalue weighted by Crippen LogP contribution is 2.57. The number of thiazole rings is 1. The number of carbonyl (C=O) groups excluding carboxylic acids is 2. The Labute approximate surface area is 188 Å². The van der Waals surface area contributed by atoms with Crippen LogP contribution in [0.25, 0.3) is 0 Å². The fourth-order valence-corrected chi connectivity index (χ4v) is 7.05. The van der Waals surface area contributed by atoms with Crippen LogP contribution in [0.15, 0.2) is 0 Å². The third-order valence-electron chi connectivity index (χ3n) is 7.76. The molecular formula is C23H35N3O4S. The molecule has 3 N–H and O–H groups in total. The summed E-state index contributed by atoms with van der Waals surface area (Å²) in [4.78, 5) is 30.8. The fourth-order valence-electron chi connectivity index (χ4n) is 5.78. The van der Waals surface area contributed by atoms with Crippen LogP contribution in [0.4, 0.5) is 5.13 Å². The maximum Gasteiger partial charge on any atom is 0.229 e. The number of rotatable bonds is 7. The molecule has 31 heavy (non-hydrogen) atoms. The number of aromatic nitrogens is 1. The van der Waals surface area contributed by atoms with Crippen molar-refractivity contribution in [2.75, 3.05) is 25.6 Å². The molecule has 8 heteroatoms. The Morgan fingerprint density at radius 3 is 2.77 bits per heavy atom. The first-order chi connectivity index (χ1) is 14.7. The number of aliphatic hydroxyl groups is 1. The number of fused-ring (bicyclic) bond motifs is 2. The molecule has 2 saturated carbocycles. The van der Waals surface area contributed by atoms with Gasteiger partial charge in [-0.25, -0.2) is 4.98 Å². The molecule has 2 amide bonds. The summed E-state index contributed by atoms with van der Waals surface area (Å²) in [5, 5.41) is 18.1. The third kappa shape index (κ3) is 4.39. The Bertz CT molecular complexity index is 839. The van der Waals surface area contributed by atoms with E-state index < -0.39 is 6.10 Å². The monoisotopic (exact) mass is 449 g/mol. The van der Waals surface area contributed by atoms with Gasteiger partial charge in [0.2, 0.25) is 11.8 Å². The van der Waals surface area contributed by atoms with E-state index in [0.717, 1.165) is 37.8 Å². The second kappa shape index (κ2) is 8.79. The predicted octanol–water partition coefficient (Wildman–Crippen LogP) is 2.94. The van der Waals surface area contributed by atoms with Crippen LogP contribution >= 0.6 is 11.3 Å². The smallest absolute Gasteiger partial charge is 0.229 e. The molecule has 3 aliphatic rings. The van der Waals surface area contributed by atoms with Crippen molar-refractivity contribution in [2.45, 2.75) is 64.9 Å². The van der Waals surface area contributed by atoms with E-state index in [-0.39, 0.29) is 46.8 Å². The Hall–Kier alpha value is -1.51. The summed E-state index contributed by atoms with van der Waals surface area (Å²) >= 11 is 1.59. The number of nitrogens with zero attached hydrogens (tertiary/aromatic N) is 1. The molecule has 0 unspecified atom stereocenters. The number of methoxy groups -OCH3 is 1. The molecule has 0 radical (unpaired) electrons. The van der Waals surface area contributed by atoms with Gasteiger partial charge >= 0.3 is 0 Å². The minimum Gasteiger partial charge on any atom is -0.392 e. The van der Waals surface area contributed by atoms with E-state index in [4.69, 9.17) is 9.72 Å². The molecule has 7 nitrogen and oxygen atoms in total. The normalized spacial score (nSPS) is 33.2. The van der Waals surface area contributed by atoms with E-state index in [1.54, 1.807) is 18.4 Å². The second-order valence-corrected chi connectivity index (χ2v) is 11.1. The highest BCUT2D eigenvalue weighted by molar-refractivity contribution is 7.15. The zero-order chi connectivity index (χ0) is 22.3. The van der Waals surface area contributed by atoms with Crippen LogP contribution in [0, 0.1) is 29.1 Å². The highest BCUT2D eigenvalue weighted by atomic mass is 32.1. The van der Waals surface area contributed by atoms with Gasteiger partial charge in [-0.3, -0.25) is 9.59 Å². The molecule has 3 aliphatic carbocycles. The number of nitrogens with one attached hydrogen (secondary N) is 2. The minimum absolute atomic E-state index is 0.0208. The lowest BCUT2D eigenvalue weighted by atomic mass is 9.53. The van der Waals surface area contributed by atoms with Gasteiger partial charge in [-0.1, -0.05) is 20.8 Å². The van der Waals surface area contributed by atoms with Crippen LogP contribution in [0.3, 0.4) is 0 Å². The van der Waals surface area contributed by atoms with Crippen molar-refractivity contribution in [1.29, 1.82) is 0 Å². The van der Waals surface area contributed by atoms with Crippen LogP contribution in [0.5, 0.6) is 0 Å². The fraction of sp³-hybridized carbons (Fsp3) is 0.783. The van der Waals surface area contributed by atoms with Crippen LogP contribution < -0.4 is 10.6 Å².